The van der Waals surface area contributed by atoms with Crippen LogP contribution in [0.25, 0.3) is 0 Å². The quantitative estimate of drug-likeness (QED) is 0.273. The van der Waals surface area contributed by atoms with Crippen LogP contribution in [0.4, 0.5) is 28.0 Å². The maximum absolute atomic E-state index is 14.5. The Morgan fingerprint density at radius 2 is 1.78 bits per heavy atom. The fraction of sp³-hybridized carbons (Fsp3) is 0.556. The number of hydrogen-bond acceptors (Lipinski definition) is 8. The summed E-state index contributed by atoms with van der Waals surface area (Å²) in [6.07, 6.45) is -5.48. The molecule has 0 radical (unpaired) electrons. The SMILES string of the molecule is CC[C@@H]1CC1(NC(=O)[C@@H]1C[C@@H](OC(=O)N2Cc3cccc(Cl)c3C2)CN1C(=O)[C@@H](Nc1cc(F)cc(C(F)(F)F)c1)C(C)(C)C)C(=O)NS(=O)(=O)C1CC1. The molecule has 0 spiro atoms. The predicted octanol–water partition coefficient (Wildman–Crippen LogP) is 5.34. The minimum absolute atomic E-state index is 0.145. The zero-order valence-electron chi connectivity index (χ0n) is 30.1. The van der Waals surface area contributed by atoms with E-state index in [-0.39, 0.29) is 38.2 Å². The molecule has 18 heteroatoms. The topological polar surface area (TPSA) is 154 Å². The summed E-state index contributed by atoms with van der Waals surface area (Å²) in [5.74, 6) is -4.06. The lowest BCUT2D eigenvalue weighted by molar-refractivity contribution is -0.141. The molecule has 1 unspecified atom stereocenters. The van der Waals surface area contributed by atoms with Gasteiger partial charge in [-0.2, -0.15) is 13.2 Å². The Morgan fingerprint density at radius 3 is 2.37 bits per heavy atom. The Balaban J connectivity index is 1.27. The largest absolute Gasteiger partial charge is 0.444 e. The standard InChI is InChI=1S/C36H42ClF4N5O7S/c1-5-20-15-35(20,32(49)44-54(51,52)25-9-10-25)43-30(47)28-14-24(53-33(50)45-16-19-7-6-8-27(37)26(19)18-45)17-46(28)31(48)29(34(2,3)4)42-23-12-21(36(39,40)41)11-22(38)13-23/h6-8,11-13,20,24-25,28-29,42H,5,9-10,14-18H2,1-4H3,(H,43,47)(H,44,49)/t20-,24-,28+,29-,35?/m1/s1. The summed E-state index contributed by atoms with van der Waals surface area (Å²) in [6, 6.07) is 4.41. The maximum atomic E-state index is 14.5. The Kier molecular flexibility index (Phi) is 10.4. The number of rotatable bonds is 10. The Bertz CT molecular complexity index is 1970. The molecule has 0 aromatic heterocycles. The number of halogens is 5. The number of carbonyl (C=O) groups excluding carboxylic acids is 4. The van der Waals surface area contributed by atoms with Crippen molar-refractivity contribution in [1.82, 2.24) is 19.8 Å². The first-order valence-electron chi connectivity index (χ1n) is 17.7. The number of carbonyl (C=O) groups is 4. The van der Waals surface area contributed by atoms with Gasteiger partial charge in [-0.25, -0.2) is 17.6 Å². The van der Waals surface area contributed by atoms with Crippen molar-refractivity contribution in [2.45, 2.75) is 108 Å². The van der Waals surface area contributed by atoms with Crippen LogP contribution >= 0.6 is 11.6 Å². The molecule has 2 aromatic rings. The summed E-state index contributed by atoms with van der Waals surface area (Å²) in [7, 11) is -3.96. The minimum Gasteiger partial charge on any atom is -0.444 e. The van der Waals surface area contributed by atoms with Crippen molar-refractivity contribution in [2.24, 2.45) is 11.3 Å². The number of likely N-dealkylation sites (tertiary alicyclic amines) is 1. The Hall–Kier alpha value is -4.12. The number of hydrogen-bond donors (Lipinski definition) is 3. The van der Waals surface area contributed by atoms with E-state index in [4.69, 9.17) is 16.3 Å². The summed E-state index contributed by atoms with van der Waals surface area (Å²) in [5, 5.41) is 5.23. The predicted molar refractivity (Wildman–Crippen MR) is 189 cm³/mol. The van der Waals surface area contributed by atoms with E-state index in [9.17, 15) is 45.2 Å². The minimum atomic E-state index is -4.88. The molecule has 2 aromatic carbocycles. The zero-order valence-corrected chi connectivity index (χ0v) is 31.6. The van der Waals surface area contributed by atoms with Crippen molar-refractivity contribution < 1.29 is 49.9 Å². The summed E-state index contributed by atoms with van der Waals surface area (Å²) in [4.78, 5) is 58.1. The number of benzene rings is 2. The molecule has 12 nitrogen and oxygen atoms in total. The van der Waals surface area contributed by atoms with E-state index < -0.39 is 91.7 Å². The fourth-order valence-corrected chi connectivity index (χ4v) is 8.83. The number of nitrogens with one attached hydrogen (secondary N) is 3. The lowest BCUT2D eigenvalue weighted by Gasteiger charge is -2.36. The molecule has 2 aliphatic carbocycles. The van der Waals surface area contributed by atoms with Crippen LogP contribution in [0.3, 0.4) is 0 Å². The molecule has 0 bridgehead atoms. The smallest absolute Gasteiger partial charge is 0.416 e. The molecule has 4 aliphatic rings. The van der Waals surface area contributed by atoms with Crippen molar-refractivity contribution >= 4 is 51.1 Å². The molecule has 4 amide bonds. The molecule has 3 fully saturated rings. The third kappa shape index (κ3) is 8.11. The van der Waals surface area contributed by atoms with Crippen LogP contribution in [0, 0.1) is 17.2 Å². The van der Waals surface area contributed by atoms with E-state index >= 15 is 0 Å². The number of amides is 4. The molecular weight excluding hydrogens is 758 g/mol. The Morgan fingerprint density at radius 1 is 1.07 bits per heavy atom. The first kappa shape index (κ1) is 39.6. The lowest BCUT2D eigenvalue weighted by Crippen LogP contribution is -2.58. The monoisotopic (exact) mass is 799 g/mol. The number of nitrogens with zero attached hydrogens (tertiary/aromatic N) is 2. The third-order valence-corrected chi connectivity index (χ3v) is 12.7. The summed E-state index contributed by atoms with van der Waals surface area (Å²) in [5.41, 5.74) is -2.63. The Labute approximate surface area is 315 Å². The van der Waals surface area contributed by atoms with Crippen LogP contribution in [-0.4, -0.2) is 77.6 Å². The van der Waals surface area contributed by atoms with Gasteiger partial charge >= 0.3 is 12.3 Å². The average molecular weight is 800 g/mol. The highest BCUT2D eigenvalue weighted by Crippen LogP contribution is 2.47. The van der Waals surface area contributed by atoms with E-state index in [1.807, 2.05) is 6.07 Å². The van der Waals surface area contributed by atoms with Gasteiger partial charge in [-0.15, -0.1) is 0 Å². The second kappa shape index (κ2) is 14.2. The highest BCUT2D eigenvalue weighted by molar-refractivity contribution is 7.91. The highest BCUT2D eigenvalue weighted by Gasteiger charge is 2.62. The van der Waals surface area contributed by atoms with Gasteiger partial charge in [0.2, 0.25) is 21.8 Å². The second-order valence-electron chi connectivity index (χ2n) is 15.6. The van der Waals surface area contributed by atoms with E-state index in [2.05, 4.69) is 15.4 Å². The summed E-state index contributed by atoms with van der Waals surface area (Å²) >= 11 is 6.32. The van der Waals surface area contributed by atoms with Crippen molar-refractivity contribution in [3.8, 4) is 0 Å². The molecule has 2 saturated carbocycles. The molecule has 5 atom stereocenters. The molecule has 54 heavy (non-hydrogen) atoms. The highest BCUT2D eigenvalue weighted by atomic mass is 35.5. The first-order valence-corrected chi connectivity index (χ1v) is 19.6. The van der Waals surface area contributed by atoms with Gasteiger partial charge in [-0.1, -0.05) is 57.8 Å². The van der Waals surface area contributed by atoms with Crippen molar-refractivity contribution in [2.75, 3.05) is 11.9 Å². The summed E-state index contributed by atoms with van der Waals surface area (Å²) < 4.78 is 88.4. The van der Waals surface area contributed by atoms with Crippen LogP contribution in [0.2, 0.25) is 5.02 Å². The van der Waals surface area contributed by atoms with Gasteiger partial charge in [0, 0.05) is 23.7 Å². The fourth-order valence-electron chi connectivity index (χ4n) is 7.22. The number of ether oxygens (including phenoxy) is 1. The van der Waals surface area contributed by atoms with Gasteiger partial charge in [0.25, 0.3) is 5.91 Å². The van der Waals surface area contributed by atoms with Crippen LogP contribution < -0.4 is 15.4 Å². The average Bonchev–Trinajstić information content (AvgIpc) is 3.96. The summed E-state index contributed by atoms with van der Waals surface area (Å²) in [6.45, 7) is 6.72. The number of sulfonamides is 1. The van der Waals surface area contributed by atoms with Gasteiger partial charge in [-0.05, 0) is 66.0 Å². The van der Waals surface area contributed by atoms with Crippen LogP contribution in [0.15, 0.2) is 36.4 Å². The van der Waals surface area contributed by atoms with E-state index in [0.29, 0.717) is 36.4 Å². The molecule has 2 heterocycles. The molecule has 3 N–H and O–H groups in total. The number of alkyl halides is 3. The second-order valence-corrected chi connectivity index (χ2v) is 18.0. The normalized spacial score (nSPS) is 24.4. The van der Waals surface area contributed by atoms with Crippen LogP contribution in [0.5, 0.6) is 0 Å². The van der Waals surface area contributed by atoms with Gasteiger partial charge in [0.05, 0.1) is 23.9 Å². The van der Waals surface area contributed by atoms with Crippen LogP contribution in [-0.2, 0) is 48.4 Å². The van der Waals surface area contributed by atoms with Gasteiger partial charge < -0.3 is 20.3 Å². The molecule has 2 aliphatic heterocycles. The van der Waals surface area contributed by atoms with Crippen LogP contribution in [0.1, 0.15) is 76.5 Å². The lowest BCUT2D eigenvalue weighted by atomic mass is 9.85. The molecular formula is C36H42ClF4N5O7S. The van der Waals surface area contributed by atoms with Gasteiger partial charge in [0.1, 0.15) is 29.5 Å². The first-order chi connectivity index (χ1) is 25.1. The van der Waals surface area contributed by atoms with Crippen molar-refractivity contribution in [1.29, 1.82) is 0 Å². The van der Waals surface area contributed by atoms with Crippen molar-refractivity contribution in [3.05, 3.63) is 63.9 Å². The molecule has 294 valence electrons. The number of anilines is 1. The van der Waals surface area contributed by atoms with E-state index in [1.54, 1.807) is 39.8 Å². The maximum Gasteiger partial charge on any atom is 0.416 e. The van der Waals surface area contributed by atoms with Crippen molar-refractivity contribution in [3.63, 3.8) is 0 Å². The number of fused-ring (bicyclic) bond motifs is 1. The zero-order chi connectivity index (χ0) is 39.5. The third-order valence-electron chi connectivity index (χ3n) is 10.5. The molecule has 1 saturated heterocycles. The van der Waals surface area contributed by atoms with Gasteiger partial charge in [0.15, 0.2) is 0 Å². The van der Waals surface area contributed by atoms with E-state index in [1.165, 1.54) is 4.90 Å². The molecule has 6 rings (SSSR count). The van der Waals surface area contributed by atoms with Gasteiger partial charge in [-0.3, -0.25) is 24.0 Å². The van der Waals surface area contributed by atoms with E-state index in [0.717, 1.165) is 22.1 Å².